The van der Waals surface area contributed by atoms with Gasteiger partial charge in [-0.15, -0.1) is 0 Å². The molecule has 0 saturated heterocycles. The summed E-state index contributed by atoms with van der Waals surface area (Å²) in [5.41, 5.74) is -0.835. The van der Waals surface area contributed by atoms with Crippen LogP contribution < -0.4 is 0 Å². The number of rotatable bonds is 6. The second-order valence-electron chi connectivity index (χ2n) is 5.00. The molecule has 0 bridgehead atoms. The second kappa shape index (κ2) is 4.49. The molecular formula is C11H21NO3. The van der Waals surface area contributed by atoms with E-state index in [0.717, 1.165) is 12.8 Å². The van der Waals surface area contributed by atoms with E-state index in [4.69, 9.17) is 5.11 Å². The lowest BCUT2D eigenvalue weighted by Crippen LogP contribution is -2.48. The Morgan fingerprint density at radius 1 is 1.53 bits per heavy atom. The van der Waals surface area contributed by atoms with Crippen molar-refractivity contribution in [3.8, 4) is 0 Å². The Morgan fingerprint density at radius 3 is 2.33 bits per heavy atom. The van der Waals surface area contributed by atoms with Crippen LogP contribution in [0.4, 0.5) is 0 Å². The Hall–Kier alpha value is -0.610. The fourth-order valence-corrected chi connectivity index (χ4v) is 1.97. The highest BCUT2D eigenvalue weighted by Crippen LogP contribution is 2.35. The largest absolute Gasteiger partial charge is 0.480 e. The maximum atomic E-state index is 11.1. The van der Waals surface area contributed by atoms with Crippen molar-refractivity contribution in [1.29, 1.82) is 0 Å². The number of nitrogens with zero attached hydrogens (tertiary/aromatic N) is 1. The van der Waals surface area contributed by atoms with Crippen molar-refractivity contribution in [3.63, 3.8) is 0 Å². The van der Waals surface area contributed by atoms with Gasteiger partial charge >= 0.3 is 5.97 Å². The van der Waals surface area contributed by atoms with Crippen LogP contribution in [0, 0.1) is 5.92 Å². The molecule has 1 saturated carbocycles. The van der Waals surface area contributed by atoms with Crippen LogP contribution in [0.15, 0.2) is 0 Å². The minimum atomic E-state index is -0.835. The molecular weight excluding hydrogens is 194 g/mol. The lowest BCUT2D eigenvalue weighted by molar-refractivity contribution is -0.145. The van der Waals surface area contributed by atoms with Gasteiger partial charge in [0, 0.05) is 6.54 Å². The van der Waals surface area contributed by atoms with E-state index >= 15 is 0 Å². The van der Waals surface area contributed by atoms with Gasteiger partial charge in [-0.25, -0.2) is 0 Å². The van der Waals surface area contributed by atoms with Crippen LogP contribution in [0.25, 0.3) is 0 Å². The standard InChI is InChI=1S/C11H21NO3/c1-4-12(7-11(2,3)15)9(10(13)14)8-5-6-8/h8-9,15H,4-7H2,1-3H3,(H,13,14). The summed E-state index contributed by atoms with van der Waals surface area (Å²) in [7, 11) is 0. The Labute approximate surface area is 90.9 Å². The first-order valence-corrected chi connectivity index (χ1v) is 5.54. The van der Waals surface area contributed by atoms with E-state index in [1.807, 2.05) is 11.8 Å². The molecule has 0 aromatic heterocycles. The zero-order valence-corrected chi connectivity index (χ0v) is 9.73. The predicted molar refractivity (Wildman–Crippen MR) is 57.7 cm³/mol. The van der Waals surface area contributed by atoms with Gasteiger partial charge in [-0.3, -0.25) is 9.69 Å². The van der Waals surface area contributed by atoms with E-state index in [9.17, 15) is 9.90 Å². The van der Waals surface area contributed by atoms with Crippen molar-refractivity contribution >= 4 is 5.97 Å². The van der Waals surface area contributed by atoms with Crippen molar-refractivity contribution in [2.45, 2.75) is 45.3 Å². The molecule has 0 aromatic carbocycles. The second-order valence-corrected chi connectivity index (χ2v) is 5.00. The minimum absolute atomic E-state index is 0.282. The lowest BCUT2D eigenvalue weighted by Gasteiger charge is -2.32. The first-order valence-electron chi connectivity index (χ1n) is 5.54. The topological polar surface area (TPSA) is 60.8 Å². The number of hydrogen-bond donors (Lipinski definition) is 2. The third-order valence-electron chi connectivity index (χ3n) is 2.71. The van der Waals surface area contributed by atoms with Gasteiger partial charge < -0.3 is 10.2 Å². The summed E-state index contributed by atoms with van der Waals surface area (Å²) in [4.78, 5) is 13.0. The van der Waals surface area contributed by atoms with Gasteiger partial charge in [0.1, 0.15) is 6.04 Å². The molecule has 1 rings (SSSR count). The first kappa shape index (κ1) is 12.5. The predicted octanol–water partition coefficient (Wildman–Crippen LogP) is 0.942. The van der Waals surface area contributed by atoms with Gasteiger partial charge in [-0.1, -0.05) is 6.92 Å². The molecule has 1 fully saturated rings. The van der Waals surface area contributed by atoms with Crippen LogP contribution in [0.1, 0.15) is 33.6 Å². The number of carbonyl (C=O) groups is 1. The van der Waals surface area contributed by atoms with Crippen molar-refractivity contribution in [2.75, 3.05) is 13.1 Å². The van der Waals surface area contributed by atoms with E-state index in [2.05, 4.69) is 0 Å². The summed E-state index contributed by atoms with van der Waals surface area (Å²) >= 11 is 0. The normalized spacial score (nSPS) is 19.3. The zero-order valence-electron chi connectivity index (χ0n) is 9.73. The minimum Gasteiger partial charge on any atom is -0.480 e. The number of hydrogen-bond acceptors (Lipinski definition) is 3. The smallest absolute Gasteiger partial charge is 0.321 e. The van der Waals surface area contributed by atoms with Crippen molar-refractivity contribution in [3.05, 3.63) is 0 Å². The highest BCUT2D eigenvalue weighted by molar-refractivity contribution is 5.74. The molecule has 15 heavy (non-hydrogen) atoms. The summed E-state index contributed by atoms with van der Waals surface area (Å²) in [5.74, 6) is -0.478. The number of aliphatic hydroxyl groups is 1. The molecule has 0 amide bonds. The molecule has 0 aromatic rings. The SMILES string of the molecule is CCN(CC(C)(C)O)C(C(=O)O)C1CC1. The third kappa shape index (κ3) is 3.80. The van der Waals surface area contributed by atoms with E-state index in [0.29, 0.717) is 13.1 Å². The fraction of sp³-hybridized carbons (Fsp3) is 0.909. The molecule has 1 unspecified atom stereocenters. The summed E-state index contributed by atoms with van der Waals surface area (Å²) in [6, 6.07) is -0.415. The highest BCUT2D eigenvalue weighted by Gasteiger charge is 2.40. The van der Waals surface area contributed by atoms with E-state index < -0.39 is 17.6 Å². The van der Waals surface area contributed by atoms with E-state index in [1.54, 1.807) is 13.8 Å². The molecule has 0 heterocycles. The molecule has 4 heteroatoms. The maximum Gasteiger partial charge on any atom is 0.321 e. The molecule has 0 aliphatic heterocycles. The zero-order chi connectivity index (χ0) is 11.6. The average molecular weight is 215 g/mol. The van der Waals surface area contributed by atoms with Crippen LogP contribution in [0.3, 0.4) is 0 Å². The molecule has 2 N–H and O–H groups in total. The number of likely N-dealkylation sites (N-methyl/N-ethyl adjacent to an activating group) is 1. The molecule has 1 aliphatic carbocycles. The van der Waals surface area contributed by atoms with E-state index in [1.165, 1.54) is 0 Å². The van der Waals surface area contributed by atoms with Gasteiger partial charge in [0.2, 0.25) is 0 Å². The summed E-state index contributed by atoms with van der Waals surface area (Å²) < 4.78 is 0. The molecule has 4 nitrogen and oxygen atoms in total. The maximum absolute atomic E-state index is 11.1. The average Bonchev–Trinajstić information content (AvgIpc) is 2.83. The molecule has 88 valence electrons. The van der Waals surface area contributed by atoms with Crippen LogP contribution in [-0.4, -0.2) is 45.8 Å². The van der Waals surface area contributed by atoms with Crippen LogP contribution in [-0.2, 0) is 4.79 Å². The third-order valence-corrected chi connectivity index (χ3v) is 2.71. The van der Waals surface area contributed by atoms with Crippen molar-refractivity contribution in [1.82, 2.24) is 4.90 Å². The lowest BCUT2D eigenvalue weighted by atomic mass is 10.1. The van der Waals surface area contributed by atoms with Crippen LogP contribution >= 0.6 is 0 Å². The van der Waals surface area contributed by atoms with Crippen molar-refractivity contribution < 1.29 is 15.0 Å². The summed E-state index contributed by atoms with van der Waals surface area (Å²) in [6.45, 7) is 6.43. The van der Waals surface area contributed by atoms with Gasteiger partial charge in [-0.2, -0.15) is 0 Å². The van der Waals surface area contributed by atoms with E-state index in [-0.39, 0.29) is 5.92 Å². The van der Waals surface area contributed by atoms with Gasteiger partial charge in [-0.05, 0) is 39.2 Å². The molecule has 0 spiro atoms. The fourth-order valence-electron chi connectivity index (χ4n) is 1.97. The quantitative estimate of drug-likeness (QED) is 0.692. The Balaban J connectivity index is 2.65. The Kier molecular flexibility index (Phi) is 3.73. The first-order chi connectivity index (χ1) is 6.85. The monoisotopic (exact) mass is 215 g/mol. The highest BCUT2D eigenvalue weighted by atomic mass is 16.4. The van der Waals surface area contributed by atoms with Crippen molar-refractivity contribution in [2.24, 2.45) is 5.92 Å². The Bertz CT molecular complexity index is 230. The Morgan fingerprint density at radius 2 is 2.07 bits per heavy atom. The number of carboxylic acid groups (broad SMARTS) is 1. The van der Waals surface area contributed by atoms with Crippen LogP contribution in [0.2, 0.25) is 0 Å². The molecule has 0 radical (unpaired) electrons. The van der Waals surface area contributed by atoms with Gasteiger partial charge in [0.05, 0.1) is 5.60 Å². The molecule has 1 aliphatic rings. The molecule has 1 atom stereocenters. The number of carboxylic acids is 1. The van der Waals surface area contributed by atoms with Gasteiger partial charge in [0.25, 0.3) is 0 Å². The number of aliphatic carboxylic acids is 1. The summed E-state index contributed by atoms with van der Waals surface area (Å²) in [5, 5.41) is 18.9. The van der Waals surface area contributed by atoms with Gasteiger partial charge in [0.15, 0.2) is 0 Å². The summed E-state index contributed by atoms with van der Waals surface area (Å²) in [6.07, 6.45) is 2.00. The van der Waals surface area contributed by atoms with Crippen LogP contribution in [0.5, 0.6) is 0 Å².